The van der Waals surface area contributed by atoms with Gasteiger partial charge in [0.1, 0.15) is 36.0 Å². The van der Waals surface area contributed by atoms with Gasteiger partial charge < -0.3 is 0 Å². The number of hydrogen-bond donors (Lipinski definition) is 1. The van der Waals surface area contributed by atoms with Crippen LogP contribution in [0.1, 0.15) is 13.8 Å². The Morgan fingerprint density at radius 1 is 0.871 bits per heavy atom. The smallest absolute Gasteiger partial charge is 0.135 e. The van der Waals surface area contributed by atoms with Gasteiger partial charge in [-0.3, -0.25) is 10.3 Å². The second-order valence-electron chi connectivity index (χ2n) is 6.48. The molecule has 6 nitrogen and oxygen atoms in total. The first-order valence-electron chi connectivity index (χ1n) is 9.92. The fraction of sp³-hybridized carbons (Fsp3) is 0.130. The third kappa shape index (κ3) is 3.92. The first-order chi connectivity index (χ1) is 15.2. The van der Waals surface area contributed by atoms with Crippen molar-refractivity contribution in [3.8, 4) is 22.5 Å². The molecule has 0 spiro atoms. The third-order valence-electron chi connectivity index (χ3n) is 4.67. The van der Waals surface area contributed by atoms with Gasteiger partial charge >= 0.3 is 0 Å². The topological polar surface area (TPSA) is 66.3 Å². The summed E-state index contributed by atoms with van der Waals surface area (Å²) >= 11 is 0. The number of pyridine rings is 1. The Bertz CT molecular complexity index is 1240. The lowest BCUT2D eigenvalue weighted by Gasteiger charge is -2.13. The van der Waals surface area contributed by atoms with Gasteiger partial charge in [-0.25, -0.2) is 13.8 Å². The van der Waals surface area contributed by atoms with Gasteiger partial charge in [0.15, 0.2) is 0 Å². The van der Waals surface area contributed by atoms with Gasteiger partial charge in [-0.1, -0.05) is 44.2 Å². The molecule has 0 atom stereocenters. The molecular weight excluding hydrogens is 398 g/mol. The number of aromatic nitrogens is 3. The minimum atomic E-state index is -0.676. The predicted octanol–water partition coefficient (Wildman–Crippen LogP) is 4.97. The maximum Gasteiger partial charge on any atom is 0.135 e. The number of rotatable bonds is 3. The lowest BCUT2D eigenvalue weighted by molar-refractivity contribution is 0.588. The van der Waals surface area contributed by atoms with Crippen molar-refractivity contribution in [2.75, 3.05) is 11.6 Å². The van der Waals surface area contributed by atoms with E-state index >= 15 is 0 Å². The van der Waals surface area contributed by atoms with E-state index in [2.05, 4.69) is 20.7 Å². The van der Waals surface area contributed by atoms with Crippen LogP contribution < -0.4 is 10.3 Å². The van der Waals surface area contributed by atoms with Crippen LogP contribution in [0.3, 0.4) is 0 Å². The monoisotopic (exact) mass is 418 g/mol. The first kappa shape index (κ1) is 20.3. The molecule has 5 rings (SSSR count). The third-order valence-corrected chi connectivity index (χ3v) is 4.67. The summed E-state index contributed by atoms with van der Waals surface area (Å²) in [4.78, 5) is 6.57. The zero-order valence-electron chi connectivity index (χ0n) is 17.0. The van der Waals surface area contributed by atoms with Crippen molar-refractivity contribution < 1.29 is 8.78 Å². The van der Waals surface area contributed by atoms with Crippen LogP contribution in [0, 0.1) is 11.6 Å². The lowest BCUT2D eigenvalue weighted by Crippen LogP contribution is -2.23. The minimum absolute atomic E-state index is 0.145. The Labute approximate surface area is 178 Å². The SMILES string of the molecule is CC.Fc1cccc(F)c1-c1cc2cccc(-c3cccc(N4C=NNC4)n3)c2nn1. The summed E-state index contributed by atoms with van der Waals surface area (Å²) < 4.78 is 28.3. The van der Waals surface area contributed by atoms with E-state index in [1.807, 2.05) is 55.1 Å². The van der Waals surface area contributed by atoms with Gasteiger partial charge in [0, 0.05) is 10.9 Å². The number of hydrogen-bond acceptors (Lipinski definition) is 6. The van der Waals surface area contributed by atoms with Gasteiger partial charge in [0.05, 0.1) is 17.0 Å². The van der Waals surface area contributed by atoms with E-state index in [1.165, 1.54) is 18.2 Å². The van der Waals surface area contributed by atoms with Gasteiger partial charge in [-0.15, -0.1) is 10.2 Å². The molecule has 4 aromatic rings. The molecule has 8 heteroatoms. The molecule has 31 heavy (non-hydrogen) atoms. The number of nitrogens with one attached hydrogen (secondary N) is 1. The van der Waals surface area contributed by atoms with Crippen molar-refractivity contribution >= 4 is 23.1 Å². The summed E-state index contributed by atoms with van der Waals surface area (Å²) in [7, 11) is 0. The average Bonchev–Trinajstić information content (AvgIpc) is 3.35. The summed E-state index contributed by atoms with van der Waals surface area (Å²) in [6.07, 6.45) is 1.67. The van der Waals surface area contributed by atoms with E-state index in [-0.39, 0.29) is 11.3 Å². The molecule has 0 bridgehead atoms. The number of benzene rings is 2. The molecule has 2 aromatic carbocycles. The molecule has 3 heterocycles. The van der Waals surface area contributed by atoms with Crippen LogP contribution in [0.4, 0.5) is 14.6 Å². The van der Waals surface area contributed by atoms with Crippen molar-refractivity contribution in [1.82, 2.24) is 20.6 Å². The molecular formula is C23H20F2N6. The fourth-order valence-corrected chi connectivity index (χ4v) is 3.28. The van der Waals surface area contributed by atoms with Crippen LogP contribution in [0.5, 0.6) is 0 Å². The number of fused-ring (bicyclic) bond motifs is 1. The van der Waals surface area contributed by atoms with Crippen LogP contribution in [-0.2, 0) is 0 Å². The summed E-state index contributed by atoms with van der Waals surface area (Å²) in [5.74, 6) is -0.610. The maximum atomic E-state index is 14.1. The molecule has 1 aliphatic rings. The largest absolute Gasteiger partial charge is 0.296 e. The summed E-state index contributed by atoms with van der Waals surface area (Å²) in [5.41, 5.74) is 4.92. The second-order valence-corrected chi connectivity index (χ2v) is 6.48. The van der Waals surface area contributed by atoms with Crippen LogP contribution in [0.25, 0.3) is 33.4 Å². The Morgan fingerprint density at radius 3 is 2.35 bits per heavy atom. The Morgan fingerprint density at radius 2 is 1.61 bits per heavy atom. The zero-order chi connectivity index (χ0) is 21.8. The zero-order valence-corrected chi connectivity index (χ0v) is 17.0. The molecule has 0 saturated heterocycles. The summed E-state index contributed by atoms with van der Waals surface area (Å²) in [6, 6.07) is 16.6. The van der Waals surface area contributed by atoms with Gasteiger partial charge in [0.25, 0.3) is 0 Å². The van der Waals surface area contributed by atoms with E-state index in [4.69, 9.17) is 4.98 Å². The molecule has 0 radical (unpaired) electrons. The first-order valence-corrected chi connectivity index (χ1v) is 9.92. The fourth-order valence-electron chi connectivity index (χ4n) is 3.28. The normalized spacial score (nSPS) is 12.5. The van der Waals surface area contributed by atoms with Crippen LogP contribution in [-0.4, -0.2) is 28.2 Å². The highest BCUT2D eigenvalue weighted by Gasteiger charge is 2.16. The van der Waals surface area contributed by atoms with E-state index < -0.39 is 11.6 Å². The van der Waals surface area contributed by atoms with Crippen LogP contribution >= 0.6 is 0 Å². The summed E-state index contributed by atoms with van der Waals surface area (Å²) in [5, 5.41) is 13.0. The van der Waals surface area contributed by atoms with Crippen molar-refractivity contribution in [3.63, 3.8) is 0 Å². The standard InChI is InChI=1S/C21H14F2N6.C2H6/c22-15-6-2-7-16(23)20(15)18-10-13-4-1-5-14(21(13)28-27-18)17-8-3-9-19(26-17)29-11-24-25-12-29;1-2/h1-11,25H,12H2;1-2H3. The second kappa shape index (κ2) is 8.83. The highest BCUT2D eigenvalue weighted by atomic mass is 19.1. The molecule has 0 unspecified atom stereocenters. The molecule has 2 aromatic heterocycles. The van der Waals surface area contributed by atoms with Crippen molar-refractivity contribution in [2.24, 2.45) is 5.10 Å². The van der Waals surface area contributed by atoms with E-state index in [9.17, 15) is 8.78 Å². The minimum Gasteiger partial charge on any atom is -0.296 e. The molecule has 0 amide bonds. The maximum absolute atomic E-state index is 14.1. The Hall–Kier alpha value is -3.94. The number of nitrogens with zero attached hydrogens (tertiary/aromatic N) is 5. The average molecular weight is 418 g/mol. The summed E-state index contributed by atoms with van der Waals surface area (Å²) in [6.45, 7) is 4.55. The van der Waals surface area contributed by atoms with Gasteiger partial charge in [0.2, 0.25) is 0 Å². The van der Waals surface area contributed by atoms with E-state index in [1.54, 1.807) is 12.4 Å². The van der Waals surface area contributed by atoms with Crippen LogP contribution in [0.15, 0.2) is 65.8 Å². The Kier molecular flexibility index (Phi) is 5.79. The van der Waals surface area contributed by atoms with Crippen molar-refractivity contribution in [3.05, 3.63) is 72.3 Å². The van der Waals surface area contributed by atoms with Crippen molar-refractivity contribution in [1.29, 1.82) is 0 Å². The molecule has 1 N–H and O–H groups in total. The molecule has 0 fully saturated rings. The predicted molar refractivity (Wildman–Crippen MR) is 118 cm³/mol. The quantitative estimate of drug-likeness (QED) is 0.509. The molecule has 0 aliphatic carbocycles. The highest BCUT2D eigenvalue weighted by molar-refractivity contribution is 5.94. The number of hydrazone groups is 1. The molecule has 0 saturated carbocycles. The van der Waals surface area contributed by atoms with Gasteiger partial charge in [-0.2, -0.15) is 5.10 Å². The van der Waals surface area contributed by atoms with E-state index in [0.29, 0.717) is 23.3 Å². The van der Waals surface area contributed by atoms with Crippen LogP contribution in [0.2, 0.25) is 0 Å². The van der Waals surface area contributed by atoms with E-state index in [0.717, 1.165) is 11.4 Å². The van der Waals surface area contributed by atoms with Crippen molar-refractivity contribution in [2.45, 2.75) is 13.8 Å². The lowest BCUT2D eigenvalue weighted by atomic mass is 10.0. The Balaban J connectivity index is 0.00000112. The molecule has 1 aliphatic heterocycles. The number of anilines is 1. The highest BCUT2D eigenvalue weighted by Crippen LogP contribution is 2.30. The van der Waals surface area contributed by atoms with Gasteiger partial charge in [-0.05, 0) is 30.3 Å². The number of halogens is 2. The molecule has 156 valence electrons.